The van der Waals surface area contributed by atoms with Crippen LogP contribution in [-0.4, -0.2) is 24.2 Å². The molecule has 3 N–H and O–H groups in total. The summed E-state index contributed by atoms with van der Waals surface area (Å²) in [5, 5.41) is 8.83. The van der Waals surface area contributed by atoms with Crippen molar-refractivity contribution in [2.45, 2.75) is 31.5 Å². The van der Waals surface area contributed by atoms with E-state index >= 15 is 0 Å². The highest BCUT2D eigenvalue weighted by atomic mass is 19.4. The van der Waals surface area contributed by atoms with Gasteiger partial charge in [0.25, 0.3) is 0 Å². The molecule has 1 atom stereocenters. The second kappa shape index (κ2) is 5.93. The predicted molar refractivity (Wildman–Crippen MR) is 72.1 cm³/mol. The van der Waals surface area contributed by atoms with Crippen LogP contribution < -0.4 is 10.6 Å². The van der Waals surface area contributed by atoms with Crippen LogP contribution in [0, 0.1) is 0 Å². The number of hydrogen-bond donors (Lipinski definition) is 2. The van der Waals surface area contributed by atoms with Crippen molar-refractivity contribution in [3.05, 3.63) is 29.3 Å². The molecule has 1 aliphatic heterocycles. The molecule has 0 unspecified atom stereocenters. The molecule has 1 heterocycles. The normalized spacial score (nSPS) is 17.6. The minimum absolute atomic E-state index is 0.0458. The van der Waals surface area contributed by atoms with Crippen LogP contribution in [0.3, 0.4) is 0 Å². The average molecular weight is 302 g/mol. The van der Waals surface area contributed by atoms with E-state index in [0.717, 1.165) is 25.3 Å². The maximum absolute atomic E-state index is 13.2. The number of carboxylic acid groups (broad SMARTS) is 1. The van der Waals surface area contributed by atoms with E-state index in [0.29, 0.717) is 13.1 Å². The van der Waals surface area contributed by atoms with E-state index in [1.54, 1.807) is 4.90 Å². The lowest BCUT2D eigenvalue weighted by Gasteiger charge is -2.31. The monoisotopic (exact) mass is 302 g/mol. The van der Waals surface area contributed by atoms with Crippen molar-refractivity contribution in [3.63, 3.8) is 0 Å². The topological polar surface area (TPSA) is 66.6 Å². The van der Waals surface area contributed by atoms with Crippen molar-refractivity contribution in [3.8, 4) is 0 Å². The molecule has 0 amide bonds. The van der Waals surface area contributed by atoms with Gasteiger partial charge in [-0.15, -0.1) is 0 Å². The first-order valence-electron chi connectivity index (χ1n) is 6.75. The minimum Gasteiger partial charge on any atom is -0.480 e. The Balaban J connectivity index is 2.43. The fourth-order valence-corrected chi connectivity index (χ4v) is 2.53. The van der Waals surface area contributed by atoms with Crippen molar-refractivity contribution in [2.24, 2.45) is 5.73 Å². The van der Waals surface area contributed by atoms with Crippen molar-refractivity contribution in [1.82, 2.24) is 0 Å². The van der Waals surface area contributed by atoms with Crippen molar-refractivity contribution < 1.29 is 23.1 Å². The Labute approximate surface area is 120 Å². The van der Waals surface area contributed by atoms with Crippen molar-refractivity contribution in [2.75, 3.05) is 18.0 Å². The molecule has 0 aromatic heterocycles. The quantitative estimate of drug-likeness (QED) is 0.901. The van der Waals surface area contributed by atoms with Gasteiger partial charge in [-0.25, -0.2) is 0 Å². The lowest BCUT2D eigenvalue weighted by atomic mass is 10.0. The number of alkyl halides is 3. The van der Waals surface area contributed by atoms with Crippen LogP contribution in [0.15, 0.2) is 18.2 Å². The van der Waals surface area contributed by atoms with E-state index in [2.05, 4.69) is 0 Å². The lowest BCUT2D eigenvalue weighted by Crippen LogP contribution is -2.31. The molecule has 1 fully saturated rings. The largest absolute Gasteiger partial charge is 0.480 e. The number of hydrogen-bond acceptors (Lipinski definition) is 3. The number of anilines is 1. The number of halogens is 3. The third-order valence-electron chi connectivity index (χ3n) is 3.65. The van der Waals surface area contributed by atoms with Gasteiger partial charge >= 0.3 is 12.1 Å². The summed E-state index contributed by atoms with van der Waals surface area (Å²) in [7, 11) is 0. The van der Waals surface area contributed by atoms with Crippen LogP contribution in [-0.2, 0) is 11.0 Å². The van der Waals surface area contributed by atoms with Crippen LogP contribution in [0.2, 0.25) is 0 Å². The summed E-state index contributed by atoms with van der Waals surface area (Å²) in [4.78, 5) is 12.5. The molecule has 0 aliphatic carbocycles. The highest BCUT2D eigenvalue weighted by Gasteiger charge is 2.36. The Morgan fingerprint density at radius 2 is 1.86 bits per heavy atom. The highest BCUT2D eigenvalue weighted by molar-refractivity contribution is 5.76. The smallest absolute Gasteiger partial charge is 0.418 e. The van der Waals surface area contributed by atoms with E-state index < -0.39 is 23.8 Å². The molecular formula is C14H17F3N2O2. The predicted octanol–water partition coefficient (Wildman–Crippen LogP) is 2.78. The molecule has 7 heteroatoms. The Morgan fingerprint density at radius 3 is 2.38 bits per heavy atom. The van der Waals surface area contributed by atoms with Crippen LogP contribution in [0.4, 0.5) is 18.9 Å². The molecule has 1 aromatic carbocycles. The number of carbonyl (C=O) groups is 1. The molecule has 2 rings (SSSR count). The first-order chi connectivity index (χ1) is 9.80. The zero-order valence-electron chi connectivity index (χ0n) is 11.4. The summed E-state index contributed by atoms with van der Waals surface area (Å²) in [5.74, 6) is -1.35. The van der Waals surface area contributed by atoms with Crippen LogP contribution >= 0.6 is 0 Å². The Hall–Kier alpha value is -1.76. The van der Waals surface area contributed by atoms with Gasteiger partial charge < -0.3 is 15.7 Å². The number of carboxylic acids is 1. The van der Waals surface area contributed by atoms with Gasteiger partial charge in [0, 0.05) is 18.8 Å². The van der Waals surface area contributed by atoms with E-state index in [9.17, 15) is 18.0 Å². The Morgan fingerprint density at radius 1 is 1.24 bits per heavy atom. The standard InChI is InChI=1S/C14H17F3N2O2/c15-14(16,17)10-8-9(12(18)13(20)21)4-5-11(10)19-6-2-1-3-7-19/h4-5,8,12H,1-3,6-7,18H2,(H,20,21)/t12-/m0/s1. The molecule has 116 valence electrons. The summed E-state index contributed by atoms with van der Waals surface area (Å²) >= 11 is 0. The molecule has 21 heavy (non-hydrogen) atoms. The van der Waals surface area contributed by atoms with Crippen LogP contribution in [0.1, 0.15) is 36.4 Å². The highest BCUT2D eigenvalue weighted by Crippen LogP contribution is 2.38. The van der Waals surface area contributed by atoms with Gasteiger partial charge in [0.2, 0.25) is 0 Å². The summed E-state index contributed by atoms with van der Waals surface area (Å²) in [6, 6.07) is 2.08. The fraction of sp³-hybridized carbons (Fsp3) is 0.500. The maximum atomic E-state index is 13.2. The zero-order valence-corrected chi connectivity index (χ0v) is 11.4. The second-order valence-corrected chi connectivity index (χ2v) is 5.14. The molecule has 0 saturated carbocycles. The molecule has 0 radical (unpaired) electrons. The van der Waals surface area contributed by atoms with Gasteiger partial charge in [-0.05, 0) is 37.0 Å². The summed E-state index contributed by atoms with van der Waals surface area (Å²) in [6.45, 7) is 1.15. The third kappa shape index (κ3) is 3.47. The molecule has 4 nitrogen and oxygen atoms in total. The summed E-state index contributed by atoms with van der Waals surface area (Å²) in [6.07, 6.45) is -1.82. The van der Waals surface area contributed by atoms with Crippen LogP contribution in [0.25, 0.3) is 0 Å². The van der Waals surface area contributed by atoms with Gasteiger partial charge in [0.1, 0.15) is 6.04 Å². The third-order valence-corrected chi connectivity index (χ3v) is 3.65. The number of benzene rings is 1. The number of piperidine rings is 1. The average Bonchev–Trinajstić information content (AvgIpc) is 2.45. The van der Waals surface area contributed by atoms with Crippen molar-refractivity contribution in [1.29, 1.82) is 0 Å². The minimum atomic E-state index is -4.54. The van der Waals surface area contributed by atoms with E-state index in [4.69, 9.17) is 10.8 Å². The molecule has 0 spiro atoms. The van der Waals surface area contributed by atoms with Gasteiger partial charge in [-0.3, -0.25) is 4.79 Å². The fourth-order valence-electron chi connectivity index (χ4n) is 2.53. The van der Waals surface area contributed by atoms with E-state index in [1.165, 1.54) is 12.1 Å². The van der Waals surface area contributed by atoms with Gasteiger partial charge in [0.05, 0.1) is 5.56 Å². The summed E-state index contributed by atoms with van der Waals surface area (Å²) < 4.78 is 39.7. The lowest BCUT2D eigenvalue weighted by molar-refractivity contribution is -0.140. The SMILES string of the molecule is N[C@H](C(=O)O)c1ccc(N2CCCCC2)c(C(F)(F)F)c1. The maximum Gasteiger partial charge on any atom is 0.418 e. The summed E-state index contributed by atoms with van der Waals surface area (Å²) in [5.41, 5.74) is 4.63. The number of aliphatic carboxylic acids is 1. The Bertz CT molecular complexity index is 525. The second-order valence-electron chi connectivity index (χ2n) is 5.14. The number of nitrogens with zero attached hydrogens (tertiary/aromatic N) is 1. The number of nitrogens with two attached hydrogens (primary N) is 1. The van der Waals surface area contributed by atoms with Gasteiger partial charge in [-0.1, -0.05) is 6.07 Å². The molecular weight excluding hydrogens is 285 g/mol. The van der Waals surface area contributed by atoms with Crippen LogP contribution in [0.5, 0.6) is 0 Å². The first-order valence-corrected chi connectivity index (χ1v) is 6.75. The van der Waals surface area contributed by atoms with Crippen molar-refractivity contribution >= 4 is 11.7 Å². The molecule has 1 aliphatic rings. The molecule has 0 bridgehead atoms. The number of rotatable bonds is 3. The van der Waals surface area contributed by atoms with E-state index in [1.807, 2.05) is 0 Å². The van der Waals surface area contributed by atoms with E-state index in [-0.39, 0.29) is 11.3 Å². The Kier molecular flexibility index (Phi) is 4.41. The van der Waals surface area contributed by atoms with Gasteiger partial charge in [-0.2, -0.15) is 13.2 Å². The zero-order chi connectivity index (χ0) is 15.6. The van der Waals surface area contributed by atoms with Gasteiger partial charge in [0.15, 0.2) is 0 Å². The molecule has 1 aromatic rings. The molecule has 1 saturated heterocycles. The first kappa shape index (κ1) is 15.6.